The Kier molecular flexibility index (Phi) is 6.30. The first-order chi connectivity index (χ1) is 11.0. The molecule has 0 aliphatic heterocycles. The Bertz CT molecular complexity index is 696. The largest absolute Gasteiger partial charge is 0.495 e. The number of carbonyl (C=O) groups is 1. The second kappa shape index (κ2) is 8.22. The van der Waals surface area contributed by atoms with E-state index in [4.69, 9.17) is 16.3 Å². The van der Waals surface area contributed by atoms with Crippen LogP contribution in [-0.2, 0) is 10.5 Å². The molecule has 0 heterocycles. The second-order valence-corrected chi connectivity index (χ2v) is 6.62. The van der Waals surface area contributed by atoms with E-state index in [2.05, 4.69) is 5.32 Å². The van der Waals surface area contributed by atoms with Crippen LogP contribution in [0.4, 0.5) is 10.1 Å². The molecule has 6 heteroatoms. The van der Waals surface area contributed by atoms with E-state index in [0.717, 1.165) is 0 Å². The molecule has 0 saturated carbocycles. The van der Waals surface area contributed by atoms with Crippen molar-refractivity contribution in [1.29, 1.82) is 0 Å². The molecule has 122 valence electrons. The van der Waals surface area contributed by atoms with Crippen LogP contribution in [0.25, 0.3) is 0 Å². The lowest BCUT2D eigenvalue weighted by atomic mass is 10.2. The van der Waals surface area contributed by atoms with Crippen molar-refractivity contribution in [2.75, 3.05) is 12.4 Å². The third-order valence-corrected chi connectivity index (χ3v) is 4.72. The summed E-state index contributed by atoms with van der Waals surface area (Å²) in [4.78, 5) is 12.2. The van der Waals surface area contributed by atoms with Crippen LogP contribution < -0.4 is 10.1 Å². The monoisotopic (exact) mass is 353 g/mol. The summed E-state index contributed by atoms with van der Waals surface area (Å²) < 4.78 is 18.6. The summed E-state index contributed by atoms with van der Waals surface area (Å²) in [5.41, 5.74) is 1.18. The average Bonchev–Trinajstić information content (AvgIpc) is 2.54. The highest BCUT2D eigenvalue weighted by atomic mass is 35.5. The van der Waals surface area contributed by atoms with E-state index < -0.39 is 0 Å². The Hall–Kier alpha value is -1.72. The van der Waals surface area contributed by atoms with Crippen molar-refractivity contribution in [3.8, 4) is 5.75 Å². The van der Waals surface area contributed by atoms with Crippen molar-refractivity contribution in [2.45, 2.75) is 17.9 Å². The van der Waals surface area contributed by atoms with Crippen LogP contribution in [0.1, 0.15) is 12.5 Å². The van der Waals surface area contributed by atoms with Gasteiger partial charge in [0.25, 0.3) is 0 Å². The Balaban J connectivity index is 1.92. The van der Waals surface area contributed by atoms with Gasteiger partial charge in [-0.25, -0.2) is 4.39 Å². The first-order valence-corrected chi connectivity index (χ1v) is 8.43. The maximum Gasteiger partial charge on any atom is 0.237 e. The summed E-state index contributed by atoms with van der Waals surface area (Å²) in [6.07, 6.45) is 0. The molecule has 1 amide bonds. The predicted octanol–water partition coefficient (Wildman–Crippen LogP) is 4.75. The minimum absolute atomic E-state index is 0.160. The van der Waals surface area contributed by atoms with Crippen LogP contribution in [0, 0.1) is 5.82 Å². The fourth-order valence-electron chi connectivity index (χ4n) is 1.89. The van der Waals surface area contributed by atoms with Gasteiger partial charge in [-0.1, -0.05) is 29.8 Å². The van der Waals surface area contributed by atoms with Crippen molar-refractivity contribution in [3.63, 3.8) is 0 Å². The van der Waals surface area contributed by atoms with E-state index in [1.807, 2.05) is 0 Å². The number of halogens is 2. The maximum absolute atomic E-state index is 13.6. The van der Waals surface area contributed by atoms with Crippen LogP contribution >= 0.6 is 23.4 Å². The zero-order valence-corrected chi connectivity index (χ0v) is 14.4. The summed E-state index contributed by atoms with van der Waals surface area (Å²) in [5.74, 6) is 0.568. The SMILES string of the molecule is COc1ccc(NC(=O)C(C)SCc2ccccc2F)cc1Cl. The molecule has 0 bridgehead atoms. The van der Waals surface area contributed by atoms with Crippen LogP contribution in [0.5, 0.6) is 5.75 Å². The molecule has 1 unspecified atom stereocenters. The average molecular weight is 354 g/mol. The second-order valence-electron chi connectivity index (χ2n) is 4.88. The minimum atomic E-state index is -0.324. The minimum Gasteiger partial charge on any atom is -0.495 e. The van der Waals surface area contributed by atoms with E-state index in [9.17, 15) is 9.18 Å². The highest BCUT2D eigenvalue weighted by Gasteiger charge is 2.15. The van der Waals surface area contributed by atoms with Crippen LogP contribution in [0.3, 0.4) is 0 Å². The Labute approximate surface area is 144 Å². The van der Waals surface area contributed by atoms with Crippen molar-refractivity contribution < 1.29 is 13.9 Å². The zero-order valence-electron chi connectivity index (χ0n) is 12.8. The van der Waals surface area contributed by atoms with Crippen molar-refractivity contribution in [3.05, 3.63) is 58.9 Å². The van der Waals surface area contributed by atoms with Gasteiger partial charge in [0.1, 0.15) is 11.6 Å². The number of hydrogen-bond acceptors (Lipinski definition) is 3. The molecule has 2 aromatic carbocycles. The number of carbonyl (C=O) groups excluding carboxylic acids is 1. The first kappa shape index (κ1) is 17.6. The van der Waals surface area contributed by atoms with Crippen LogP contribution in [0.2, 0.25) is 5.02 Å². The van der Waals surface area contributed by atoms with Gasteiger partial charge in [-0.05, 0) is 36.8 Å². The quantitative estimate of drug-likeness (QED) is 0.814. The highest BCUT2D eigenvalue weighted by molar-refractivity contribution is 7.99. The molecular weight excluding hydrogens is 337 g/mol. The van der Waals surface area contributed by atoms with E-state index in [1.54, 1.807) is 43.3 Å². The maximum atomic E-state index is 13.6. The summed E-state index contributed by atoms with van der Waals surface area (Å²) >= 11 is 7.40. The molecule has 1 N–H and O–H groups in total. The lowest BCUT2D eigenvalue weighted by Crippen LogP contribution is -2.22. The molecule has 0 saturated heterocycles. The van der Waals surface area contributed by atoms with Crippen LogP contribution in [0.15, 0.2) is 42.5 Å². The lowest BCUT2D eigenvalue weighted by Gasteiger charge is -2.13. The molecule has 2 aromatic rings. The van der Waals surface area contributed by atoms with Crippen molar-refractivity contribution >= 4 is 35.0 Å². The molecule has 0 aliphatic carbocycles. The summed E-state index contributed by atoms with van der Waals surface area (Å²) in [5, 5.41) is 2.90. The summed E-state index contributed by atoms with van der Waals surface area (Å²) in [7, 11) is 1.53. The number of hydrogen-bond donors (Lipinski definition) is 1. The van der Waals surface area contributed by atoms with Gasteiger partial charge >= 0.3 is 0 Å². The smallest absolute Gasteiger partial charge is 0.237 e. The van der Waals surface area contributed by atoms with Gasteiger partial charge in [-0.2, -0.15) is 0 Å². The van der Waals surface area contributed by atoms with Gasteiger partial charge in [0.15, 0.2) is 0 Å². The van der Waals surface area contributed by atoms with Gasteiger partial charge in [0, 0.05) is 11.4 Å². The third kappa shape index (κ3) is 4.88. The number of nitrogens with one attached hydrogen (secondary N) is 1. The number of rotatable bonds is 6. The predicted molar refractivity (Wildman–Crippen MR) is 93.8 cm³/mol. The molecule has 2 rings (SSSR count). The Morgan fingerprint density at radius 3 is 2.74 bits per heavy atom. The highest BCUT2D eigenvalue weighted by Crippen LogP contribution is 2.28. The zero-order chi connectivity index (χ0) is 16.8. The third-order valence-electron chi connectivity index (χ3n) is 3.24. The molecule has 3 nitrogen and oxygen atoms in total. The number of ether oxygens (including phenoxy) is 1. The number of methoxy groups -OCH3 is 1. The Morgan fingerprint density at radius 2 is 2.09 bits per heavy atom. The topological polar surface area (TPSA) is 38.3 Å². The van der Waals surface area contributed by atoms with E-state index in [-0.39, 0.29) is 17.0 Å². The van der Waals surface area contributed by atoms with Gasteiger partial charge < -0.3 is 10.1 Å². The lowest BCUT2D eigenvalue weighted by molar-refractivity contribution is -0.115. The fraction of sp³-hybridized carbons (Fsp3) is 0.235. The molecule has 1 atom stereocenters. The van der Waals surface area contributed by atoms with Crippen molar-refractivity contribution in [2.24, 2.45) is 0 Å². The first-order valence-electron chi connectivity index (χ1n) is 7.00. The van der Waals surface area contributed by atoms with Gasteiger partial charge in [0.05, 0.1) is 17.4 Å². The normalized spacial score (nSPS) is 11.8. The molecule has 0 radical (unpaired) electrons. The van der Waals surface area contributed by atoms with Crippen molar-refractivity contribution in [1.82, 2.24) is 0 Å². The molecule has 0 aromatic heterocycles. The molecule has 0 spiro atoms. The molecule has 0 fully saturated rings. The summed E-state index contributed by atoms with van der Waals surface area (Å²) in [6, 6.07) is 11.6. The number of amides is 1. The molecule has 0 aliphatic rings. The van der Waals surface area contributed by atoms with E-state index >= 15 is 0 Å². The Morgan fingerprint density at radius 1 is 1.35 bits per heavy atom. The van der Waals surface area contributed by atoms with Gasteiger partial charge in [-0.15, -0.1) is 11.8 Å². The molecular formula is C17H17ClFNO2S. The van der Waals surface area contributed by atoms with E-state index in [0.29, 0.717) is 27.8 Å². The number of anilines is 1. The van der Waals surface area contributed by atoms with E-state index in [1.165, 1.54) is 24.9 Å². The number of benzene rings is 2. The standard InChI is InChI=1S/C17H17ClFNO2S/c1-11(23-10-12-5-3-4-6-15(12)19)17(21)20-13-7-8-16(22-2)14(18)9-13/h3-9,11H,10H2,1-2H3,(H,20,21). The van der Waals surface area contributed by atoms with Gasteiger partial charge in [0.2, 0.25) is 5.91 Å². The van der Waals surface area contributed by atoms with Crippen LogP contribution in [-0.4, -0.2) is 18.3 Å². The molecule has 23 heavy (non-hydrogen) atoms. The number of thioether (sulfide) groups is 1. The summed E-state index contributed by atoms with van der Waals surface area (Å²) in [6.45, 7) is 1.78. The fourth-order valence-corrected chi connectivity index (χ4v) is 3.03. The van der Waals surface area contributed by atoms with Gasteiger partial charge in [-0.3, -0.25) is 4.79 Å².